The lowest BCUT2D eigenvalue weighted by Crippen LogP contribution is -2.05. The van der Waals surface area contributed by atoms with E-state index in [4.69, 9.17) is 16.7 Å². The number of carboxylic acids is 1. The SMILES string of the molecule is O=C(O)c1cc(OC(F)F)c(Cl)cn1. The molecule has 0 aliphatic heterocycles. The first-order valence-electron chi connectivity index (χ1n) is 3.34. The van der Waals surface area contributed by atoms with E-state index >= 15 is 0 Å². The van der Waals surface area contributed by atoms with Gasteiger partial charge in [-0.05, 0) is 0 Å². The molecular weight excluding hydrogens is 220 g/mol. The Bertz CT molecular complexity index is 359. The average Bonchev–Trinajstić information content (AvgIpc) is 2.07. The summed E-state index contributed by atoms with van der Waals surface area (Å²) >= 11 is 5.43. The lowest BCUT2D eigenvalue weighted by atomic mass is 10.3. The molecule has 1 heterocycles. The van der Waals surface area contributed by atoms with Gasteiger partial charge in [0.1, 0.15) is 10.8 Å². The molecule has 0 radical (unpaired) electrons. The molecule has 1 aromatic heterocycles. The largest absolute Gasteiger partial charge is 0.477 e. The van der Waals surface area contributed by atoms with Gasteiger partial charge in [0.25, 0.3) is 0 Å². The van der Waals surface area contributed by atoms with Crippen molar-refractivity contribution in [3.8, 4) is 5.75 Å². The Labute approximate surface area is 82.1 Å². The Morgan fingerprint density at radius 3 is 2.79 bits per heavy atom. The second-order valence-electron chi connectivity index (χ2n) is 2.18. The molecule has 1 N–H and O–H groups in total. The van der Waals surface area contributed by atoms with Gasteiger partial charge in [-0.2, -0.15) is 8.78 Å². The van der Waals surface area contributed by atoms with Gasteiger partial charge in [0.2, 0.25) is 0 Å². The summed E-state index contributed by atoms with van der Waals surface area (Å²) in [6, 6.07) is 0.830. The van der Waals surface area contributed by atoms with Gasteiger partial charge in [-0.15, -0.1) is 0 Å². The predicted molar refractivity (Wildman–Crippen MR) is 42.8 cm³/mol. The lowest BCUT2D eigenvalue weighted by molar-refractivity contribution is -0.0499. The quantitative estimate of drug-likeness (QED) is 0.852. The van der Waals surface area contributed by atoms with Gasteiger partial charge in [-0.25, -0.2) is 9.78 Å². The number of hydrogen-bond acceptors (Lipinski definition) is 3. The van der Waals surface area contributed by atoms with Crippen LogP contribution in [0.4, 0.5) is 8.78 Å². The minimum atomic E-state index is -3.06. The second kappa shape index (κ2) is 4.19. The number of aromatic carboxylic acids is 1. The van der Waals surface area contributed by atoms with Crippen LogP contribution in [0.5, 0.6) is 5.75 Å². The number of ether oxygens (including phenoxy) is 1. The minimum Gasteiger partial charge on any atom is -0.477 e. The third kappa shape index (κ3) is 2.53. The molecular formula is C7H4ClF2NO3. The highest BCUT2D eigenvalue weighted by Crippen LogP contribution is 2.25. The van der Waals surface area contributed by atoms with Crippen LogP contribution in [0, 0.1) is 0 Å². The molecule has 0 saturated heterocycles. The number of pyridine rings is 1. The van der Waals surface area contributed by atoms with Crippen molar-refractivity contribution in [1.82, 2.24) is 4.98 Å². The fraction of sp³-hybridized carbons (Fsp3) is 0.143. The van der Waals surface area contributed by atoms with E-state index in [1.807, 2.05) is 0 Å². The van der Waals surface area contributed by atoms with E-state index in [0.717, 1.165) is 12.3 Å². The highest BCUT2D eigenvalue weighted by molar-refractivity contribution is 6.32. The smallest absolute Gasteiger partial charge is 0.387 e. The first-order valence-corrected chi connectivity index (χ1v) is 3.72. The van der Waals surface area contributed by atoms with Crippen molar-refractivity contribution in [2.75, 3.05) is 0 Å². The summed E-state index contributed by atoms with van der Waals surface area (Å²) in [5, 5.41) is 8.31. The Hall–Kier alpha value is -1.43. The van der Waals surface area contributed by atoms with E-state index in [1.165, 1.54) is 0 Å². The van der Waals surface area contributed by atoms with E-state index in [-0.39, 0.29) is 5.02 Å². The van der Waals surface area contributed by atoms with E-state index in [1.54, 1.807) is 0 Å². The van der Waals surface area contributed by atoms with Gasteiger partial charge < -0.3 is 9.84 Å². The normalized spacial score (nSPS) is 10.3. The van der Waals surface area contributed by atoms with Crippen molar-refractivity contribution in [2.24, 2.45) is 0 Å². The van der Waals surface area contributed by atoms with Crippen LogP contribution >= 0.6 is 11.6 Å². The first-order chi connectivity index (χ1) is 6.50. The van der Waals surface area contributed by atoms with E-state index < -0.39 is 24.0 Å². The van der Waals surface area contributed by atoms with Gasteiger partial charge in [-0.1, -0.05) is 11.6 Å². The first kappa shape index (κ1) is 10.6. The van der Waals surface area contributed by atoms with Gasteiger partial charge in [0.15, 0.2) is 5.69 Å². The van der Waals surface area contributed by atoms with Crippen LogP contribution < -0.4 is 4.74 Å². The highest BCUT2D eigenvalue weighted by atomic mass is 35.5. The molecule has 0 amide bonds. The van der Waals surface area contributed by atoms with Crippen molar-refractivity contribution in [3.05, 3.63) is 23.0 Å². The molecule has 0 unspecified atom stereocenters. The molecule has 0 spiro atoms. The Morgan fingerprint density at radius 2 is 2.29 bits per heavy atom. The predicted octanol–water partition coefficient (Wildman–Crippen LogP) is 2.03. The fourth-order valence-electron chi connectivity index (χ4n) is 0.723. The number of carbonyl (C=O) groups is 1. The summed E-state index contributed by atoms with van der Waals surface area (Å²) in [5.41, 5.74) is -0.412. The van der Waals surface area contributed by atoms with Crippen molar-refractivity contribution in [3.63, 3.8) is 0 Å². The van der Waals surface area contributed by atoms with Crippen LogP contribution in [0.15, 0.2) is 12.3 Å². The van der Waals surface area contributed by atoms with Crippen LogP contribution in [0.2, 0.25) is 5.02 Å². The monoisotopic (exact) mass is 223 g/mol. The summed E-state index contributed by atoms with van der Waals surface area (Å²) in [5.74, 6) is -1.75. The Morgan fingerprint density at radius 1 is 1.64 bits per heavy atom. The molecule has 7 heteroatoms. The van der Waals surface area contributed by atoms with E-state index in [0.29, 0.717) is 0 Å². The van der Waals surface area contributed by atoms with E-state index in [9.17, 15) is 13.6 Å². The number of rotatable bonds is 3. The standard InChI is InChI=1S/C7H4ClF2NO3/c8-3-2-11-4(6(12)13)1-5(3)14-7(9)10/h1-2,7H,(H,12,13). The number of carboxylic acid groups (broad SMARTS) is 1. The topological polar surface area (TPSA) is 59.4 Å². The fourth-order valence-corrected chi connectivity index (χ4v) is 0.871. The van der Waals surface area contributed by atoms with E-state index in [2.05, 4.69) is 9.72 Å². The summed E-state index contributed by atoms with van der Waals surface area (Å²) in [6.07, 6.45) is 0.933. The number of hydrogen-bond donors (Lipinski definition) is 1. The molecule has 1 aromatic rings. The molecule has 0 bridgehead atoms. The zero-order valence-electron chi connectivity index (χ0n) is 6.58. The molecule has 14 heavy (non-hydrogen) atoms. The molecule has 0 atom stereocenters. The van der Waals surface area contributed by atoms with Gasteiger partial charge in [0, 0.05) is 6.07 Å². The maximum atomic E-state index is 11.8. The zero-order valence-corrected chi connectivity index (χ0v) is 7.33. The van der Waals surface area contributed by atoms with Crippen LogP contribution in [0.1, 0.15) is 10.5 Å². The molecule has 4 nitrogen and oxygen atoms in total. The number of halogens is 3. The molecule has 1 rings (SSSR count). The third-order valence-electron chi connectivity index (χ3n) is 1.26. The lowest BCUT2D eigenvalue weighted by Gasteiger charge is -2.06. The van der Waals surface area contributed by atoms with Crippen molar-refractivity contribution in [1.29, 1.82) is 0 Å². The number of nitrogens with zero attached hydrogens (tertiary/aromatic N) is 1. The maximum absolute atomic E-state index is 11.8. The summed E-state index contributed by atoms with van der Waals surface area (Å²) in [6.45, 7) is -3.06. The van der Waals surface area contributed by atoms with Crippen molar-refractivity contribution in [2.45, 2.75) is 6.61 Å². The third-order valence-corrected chi connectivity index (χ3v) is 1.54. The van der Waals surface area contributed by atoms with Crippen LogP contribution in [0.25, 0.3) is 0 Å². The van der Waals surface area contributed by atoms with Crippen molar-refractivity contribution >= 4 is 17.6 Å². The summed E-state index contributed by atoms with van der Waals surface area (Å²) < 4.78 is 27.5. The molecule has 0 fully saturated rings. The zero-order chi connectivity index (χ0) is 10.7. The number of aromatic nitrogens is 1. The average molecular weight is 224 g/mol. The van der Waals surface area contributed by atoms with Gasteiger partial charge >= 0.3 is 12.6 Å². The molecule has 76 valence electrons. The van der Waals surface area contributed by atoms with Crippen molar-refractivity contribution < 1.29 is 23.4 Å². The van der Waals surface area contributed by atoms with Crippen LogP contribution in [-0.2, 0) is 0 Å². The Balaban J connectivity index is 3.02. The molecule has 0 saturated carbocycles. The second-order valence-corrected chi connectivity index (χ2v) is 2.59. The maximum Gasteiger partial charge on any atom is 0.387 e. The molecule has 0 aromatic carbocycles. The minimum absolute atomic E-state index is 0.171. The summed E-state index contributed by atoms with van der Waals surface area (Å²) in [4.78, 5) is 13.8. The molecule has 0 aliphatic carbocycles. The van der Waals surface area contributed by atoms with Gasteiger partial charge in [-0.3, -0.25) is 0 Å². The van der Waals surface area contributed by atoms with Crippen LogP contribution in [0.3, 0.4) is 0 Å². The Kier molecular flexibility index (Phi) is 3.19. The number of alkyl halides is 2. The highest BCUT2D eigenvalue weighted by Gasteiger charge is 2.13. The van der Waals surface area contributed by atoms with Gasteiger partial charge in [0.05, 0.1) is 6.20 Å². The summed E-state index contributed by atoms with van der Waals surface area (Å²) in [7, 11) is 0. The van der Waals surface area contributed by atoms with Crippen LogP contribution in [-0.4, -0.2) is 22.7 Å². The molecule has 0 aliphatic rings.